The summed E-state index contributed by atoms with van der Waals surface area (Å²) in [6.45, 7) is 2.75. The standard InChI is InChI=1S/C12H13ClN4/c1-8-4-2-3-5-9(8)7-15-11-6-10(13)16-12(14)17-11/h2-6H,7H2,1H3,(H3,14,15,16,17). The summed E-state index contributed by atoms with van der Waals surface area (Å²) in [7, 11) is 0. The van der Waals surface area contributed by atoms with Gasteiger partial charge >= 0.3 is 0 Å². The first-order chi connectivity index (χ1) is 8.15. The minimum Gasteiger partial charge on any atom is -0.368 e. The van der Waals surface area contributed by atoms with Crippen LogP contribution in [-0.4, -0.2) is 9.97 Å². The second kappa shape index (κ2) is 5.01. The third-order valence-electron chi connectivity index (χ3n) is 2.43. The fourth-order valence-corrected chi connectivity index (χ4v) is 1.71. The van der Waals surface area contributed by atoms with Gasteiger partial charge in [0, 0.05) is 12.6 Å². The molecular weight excluding hydrogens is 236 g/mol. The number of anilines is 2. The molecule has 0 aliphatic rings. The van der Waals surface area contributed by atoms with Crippen LogP contribution in [0.25, 0.3) is 0 Å². The Morgan fingerprint density at radius 2 is 2.06 bits per heavy atom. The van der Waals surface area contributed by atoms with E-state index in [4.69, 9.17) is 17.3 Å². The van der Waals surface area contributed by atoms with Gasteiger partial charge in [-0.25, -0.2) is 4.98 Å². The molecule has 1 heterocycles. The van der Waals surface area contributed by atoms with Crippen LogP contribution in [0.4, 0.5) is 11.8 Å². The van der Waals surface area contributed by atoms with Crippen LogP contribution in [0.2, 0.25) is 5.15 Å². The molecule has 0 aliphatic carbocycles. The van der Waals surface area contributed by atoms with Crippen LogP contribution in [0, 0.1) is 6.92 Å². The summed E-state index contributed by atoms with van der Waals surface area (Å²) in [4.78, 5) is 7.85. The molecule has 0 saturated carbocycles. The Morgan fingerprint density at radius 1 is 1.29 bits per heavy atom. The number of aryl methyl sites for hydroxylation is 1. The van der Waals surface area contributed by atoms with Crippen molar-refractivity contribution in [1.82, 2.24) is 9.97 Å². The molecule has 0 bridgehead atoms. The van der Waals surface area contributed by atoms with Crippen molar-refractivity contribution >= 4 is 23.4 Å². The molecule has 0 saturated heterocycles. The number of aromatic nitrogens is 2. The second-order valence-electron chi connectivity index (χ2n) is 3.71. The van der Waals surface area contributed by atoms with Gasteiger partial charge < -0.3 is 11.1 Å². The van der Waals surface area contributed by atoms with Crippen molar-refractivity contribution in [1.29, 1.82) is 0 Å². The van der Waals surface area contributed by atoms with Gasteiger partial charge in [-0.2, -0.15) is 4.98 Å². The lowest BCUT2D eigenvalue weighted by atomic mass is 10.1. The van der Waals surface area contributed by atoms with Gasteiger partial charge in [-0.1, -0.05) is 35.9 Å². The first kappa shape index (κ1) is 11.7. The molecular formula is C12H13ClN4. The Morgan fingerprint density at radius 3 is 2.76 bits per heavy atom. The molecule has 0 radical (unpaired) electrons. The predicted molar refractivity (Wildman–Crippen MR) is 70.0 cm³/mol. The molecule has 1 aromatic carbocycles. The molecule has 0 amide bonds. The van der Waals surface area contributed by atoms with Gasteiger partial charge in [0.15, 0.2) is 0 Å². The average Bonchev–Trinajstić information content (AvgIpc) is 2.27. The molecule has 4 nitrogen and oxygen atoms in total. The van der Waals surface area contributed by atoms with Crippen LogP contribution in [-0.2, 0) is 6.54 Å². The van der Waals surface area contributed by atoms with Crippen molar-refractivity contribution in [2.24, 2.45) is 0 Å². The zero-order valence-electron chi connectivity index (χ0n) is 9.44. The number of nitrogens with zero attached hydrogens (tertiary/aromatic N) is 2. The van der Waals surface area contributed by atoms with Gasteiger partial charge in [0.25, 0.3) is 0 Å². The fraction of sp³-hybridized carbons (Fsp3) is 0.167. The third kappa shape index (κ3) is 3.07. The Hall–Kier alpha value is -1.81. The Bertz CT molecular complexity index is 507. The van der Waals surface area contributed by atoms with Crippen molar-refractivity contribution in [2.45, 2.75) is 13.5 Å². The lowest BCUT2D eigenvalue weighted by molar-refractivity contribution is 1.07. The maximum absolute atomic E-state index is 5.79. The number of nitrogen functional groups attached to an aromatic ring is 1. The van der Waals surface area contributed by atoms with E-state index in [1.807, 2.05) is 12.1 Å². The molecule has 17 heavy (non-hydrogen) atoms. The summed E-state index contributed by atoms with van der Waals surface area (Å²) in [6.07, 6.45) is 0. The molecule has 1 aromatic heterocycles. The third-order valence-corrected chi connectivity index (χ3v) is 2.63. The summed E-state index contributed by atoms with van der Waals surface area (Å²) in [6, 6.07) is 9.80. The van der Waals surface area contributed by atoms with Crippen LogP contribution in [0.15, 0.2) is 30.3 Å². The summed E-state index contributed by atoms with van der Waals surface area (Å²) >= 11 is 5.79. The van der Waals surface area contributed by atoms with E-state index >= 15 is 0 Å². The van der Waals surface area contributed by atoms with Gasteiger partial charge in [0.05, 0.1) is 0 Å². The number of nitrogens with one attached hydrogen (secondary N) is 1. The molecule has 2 aromatic rings. The van der Waals surface area contributed by atoms with Crippen molar-refractivity contribution in [2.75, 3.05) is 11.1 Å². The monoisotopic (exact) mass is 248 g/mol. The highest BCUT2D eigenvalue weighted by atomic mass is 35.5. The van der Waals surface area contributed by atoms with E-state index in [2.05, 4.69) is 34.3 Å². The maximum atomic E-state index is 5.79. The number of halogens is 1. The highest BCUT2D eigenvalue weighted by Crippen LogP contribution is 2.14. The summed E-state index contributed by atoms with van der Waals surface area (Å²) in [5, 5.41) is 3.51. The zero-order valence-corrected chi connectivity index (χ0v) is 10.2. The van der Waals surface area contributed by atoms with Crippen LogP contribution in [0.3, 0.4) is 0 Å². The number of hydrogen-bond acceptors (Lipinski definition) is 4. The highest BCUT2D eigenvalue weighted by Gasteiger charge is 2.01. The van der Waals surface area contributed by atoms with Gasteiger partial charge in [-0.15, -0.1) is 0 Å². The molecule has 0 aliphatic heterocycles. The number of nitrogens with two attached hydrogens (primary N) is 1. The van der Waals surface area contributed by atoms with E-state index in [1.165, 1.54) is 11.1 Å². The molecule has 5 heteroatoms. The minimum atomic E-state index is 0.171. The quantitative estimate of drug-likeness (QED) is 0.820. The van der Waals surface area contributed by atoms with E-state index in [1.54, 1.807) is 6.07 Å². The number of rotatable bonds is 3. The summed E-state index contributed by atoms with van der Waals surface area (Å²) in [5.41, 5.74) is 7.95. The molecule has 0 atom stereocenters. The van der Waals surface area contributed by atoms with Crippen LogP contribution >= 0.6 is 11.6 Å². The topological polar surface area (TPSA) is 63.8 Å². The van der Waals surface area contributed by atoms with Crippen molar-refractivity contribution in [3.8, 4) is 0 Å². The first-order valence-corrected chi connectivity index (χ1v) is 5.61. The zero-order chi connectivity index (χ0) is 12.3. The molecule has 0 spiro atoms. The molecule has 0 unspecified atom stereocenters. The van der Waals surface area contributed by atoms with E-state index in [0.717, 1.165) is 0 Å². The smallest absolute Gasteiger partial charge is 0.223 e. The fourth-order valence-electron chi connectivity index (χ4n) is 1.52. The van der Waals surface area contributed by atoms with Crippen molar-refractivity contribution < 1.29 is 0 Å². The highest BCUT2D eigenvalue weighted by molar-refractivity contribution is 6.29. The van der Waals surface area contributed by atoms with Gasteiger partial charge in [0.1, 0.15) is 11.0 Å². The van der Waals surface area contributed by atoms with Crippen LogP contribution in [0.5, 0.6) is 0 Å². The van der Waals surface area contributed by atoms with Crippen LogP contribution in [0.1, 0.15) is 11.1 Å². The van der Waals surface area contributed by atoms with E-state index in [0.29, 0.717) is 17.5 Å². The average molecular weight is 249 g/mol. The van der Waals surface area contributed by atoms with Crippen molar-refractivity contribution in [3.05, 3.63) is 46.6 Å². The lowest BCUT2D eigenvalue weighted by Crippen LogP contribution is -2.05. The Balaban J connectivity index is 2.10. The summed E-state index contributed by atoms with van der Waals surface area (Å²) < 4.78 is 0. The Kier molecular flexibility index (Phi) is 3.44. The minimum absolute atomic E-state index is 0.171. The molecule has 3 N–H and O–H groups in total. The Labute approximate surface area is 105 Å². The molecule has 88 valence electrons. The van der Waals surface area contributed by atoms with E-state index < -0.39 is 0 Å². The lowest BCUT2D eigenvalue weighted by Gasteiger charge is -2.08. The number of benzene rings is 1. The SMILES string of the molecule is Cc1ccccc1CNc1cc(Cl)nc(N)n1. The second-order valence-corrected chi connectivity index (χ2v) is 4.10. The molecule has 2 rings (SSSR count). The van der Waals surface area contributed by atoms with Crippen molar-refractivity contribution in [3.63, 3.8) is 0 Å². The predicted octanol–water partition coefficient (Wildman–Crippen LogP) is 2.63. The van der Waals surface area contributed by atoms with E-state index in [9.17, 15) is 0 Å². The maximum Gasteiger partial charge on any atom is 0.223 e. The van der Waals surface area contributed by atoms with Gasteiger partial charge in [-0.05, 0) is 18.1 Å². The van der Waals surface area contributed by atoms with E-state index in [-0.39, 0.29) is 5.95 Å². The first-order valence-electron chi connectivity index (χ1n) is 5.23. The largest absolute Gasteiger partial charge is 0.368 e. The summed E-state index contributed by atoms with van der Waals surface area (Å²) in [5.74, 6) is 0.801. The number of hydrogen-bond donors (Lipinski definition) is 2. The van der Waals surface area contributed by atoms with Gasteiger partial charge in [-0.3, -0.25) is 0 Å². The normalized spacial score (nSPS) is 10.2. The van der Waals surface area contributed by atoms with Crippen LogP contribution < -0.4 is 11.1 Å². The van der Waals surface area contributed by atoms with Gasteiger partial charge in [0.2, 0.25) is 5.95 Å². The molecule has 0 fully saturated rings.